The van der Waals surface area contributed by atoms with Crippen LogP contribution in [0.1, 0.15) is 18.1 Å². The van der Waals surface area contributed by atoms with Gasteiger partial charge in [0.25, 0.3) is 5.78 Å². The maximum absolute atomic E-state index is 12.4. The summed E-state index contributed by atoms with van der Waals surface area (Å²) in [6, 6.07) is 3.63. The number of halogens is 3. The normalized spacial score (nSPS) is 11.9. The first-order valence-electron chi connectivity index (χ1n) is 6.19. The van der Waals surface area contributed by atoms with Gasteiger partial charge < -0.3 is 9.84 Å². The molecule has 0 unspecified atom stereocenters. The zero-order valence-corrected chi connectivity index (χ0v) is 14.5. The Morgan fingerprint density at radius 1 is 1.22 bits per heavy atom. The summed E-state index contributed by atoms with van der Waals surface area (Å²) in [5.74, 6) is -2.57. The standard InChI is InChI=1S/C15H13F3O4.Na/c1-2-22-14(21)13(20)5-3-4-12(19)10-6-8-11(9-7-10)15(16,17)18;/h3-9,19H,2H2,1H3;/q;+1/p-1/b5-3+,12-4-;. The smallest absolute Gasteiger partial charge is 0.872 e. The summed E-state index contributed by atoms with van der Waals surface area (Å²) in [6.45, 7) is 1.59. The third-order valence-corrected chi connectivity index (χ3v) is 2.47. The Morgan fingerprint density at radius 2 is 1.78 bits per heavy atom. The topological polar surface area (TPSA) is 66.4 Å². The van der Waals surface area contributed by atoms with Gasteiger partial charge in [0, 0.05) is 0 Å². The van der Waals surface area contributed by atoms with Crippen LogP contribution < -0.4 is 34.7 Å². The molecule has 1 aromatic rings. The first kappa shape index (κ1) is 21.4. The van der Waals surface area contributed by atoms with E-state index >= 15 is 0 Å². The maximum Gasteiger partial charge on any atom is 1.00 e. The molecule has 0 bridgehead atoms. The Bertz CT molecular complexity index is 604. The number of esters is 1. The summed E-state index contributed by atoms with van der Waals surface area (Å²) < 4.78 is 41.5. The number of carbonyl (C=O) groups is 2. The number of rotatable bonds is 5. The number of benzene rings is 1. The molecule has 0 radical (unpaired) electrons. The molecule has 1 aromatic carbocycles. The fraction of sp³-hybridized carbons (Fsp3) is 0.200. The van der Waals surface area contributed by atoms with Crippen LogP contribution in [0.3, 0.4) is 0 Å². The van der Waals surface area contributed by atoms with Crippen LogP contribution in [0.25, 0.3) is 5.76 Å². The van der Waals surface area contributed by atoms with Crippen LogP contribution in [-0.2, 0) is 20.5 Å². The molecular weight excluding hydrogens is 324 g/mol. The quantitative estimate of drug-likeness (QED) is 0.175. The predicted molar refractivity (Wildman–Crippen MR) is 70.2 cm³/mol. The minimum absolute atomic E-state index is 0. The Balaban J connectivity index is 0.00000484. The van der Waals surface area contributed by atoms with Crippen molar-refractivity contribution < 1.29 is 62.2 Å². The molecule has 23 heavy (non-hydrogen) atoms. The van der Waals surface area contributed by atoms with Crippen LogP contribution in [-0.4, -0.2) is 18.4 Å². The Morgan fingerprint density at radius 3 is 2.26 bits per heavy atom. The average molecular weight is 336 g/mol. The number of hydrogen-bond acceptors (Lipinski definition) is 4. The first-order chi connectivity index (χ1) is 10.3. The number of carbonyl (C=O) groups excluding carboxylic acids is 2. The van der Waals surface area contributed by atoms with Crippen molar-refractivity contribution in [2.45, 2.75) is 13.1 Å². The van der Waals surface area contributed by atoms with Gasteiger partial charge in [-0.25, -0.2) is 4.79 Å². The second-order valence-corrected chi connectivity index (χ2v) is 4.05. The van der Waals surface area contributed by atoms with E-state index in [0.717, 1.165) is 42.5 Å². The molecule has 0 aliphatic heterocycles. The number of ether oxygens (including phenoxy) is 1. The molecule has 0 atom stereocenters. The second kappa shape index (κ2) is 9.54. The molecule has 0 fully saturated rings. The molecule has 0 N–H and O–H groups in total. The largest absolute Gasteiger partial charge is 1.00 e. The molecule has 0 aromatic heterocycles. The van der Waals surface area contributed by atoms with Crippen LogP contribution in [0.15, 0.2) is 42.5 Å². The minimum Gasteiger partial charge on any atom is -0.872 e. The van der Waals surface area contributed by atoms with Gasteiger partial charge in [-0.05, 0) is 30.7 Å². The van der Waals surface area contributed by atoms with Crippen LogP contribution in [0.4, 0.5) is 13.2 Å². The molecule has 0 aliphatic carbocycles. The van der Waals surface area contributed by atoms with Crippen LogP contribution in [0, 0.1) is 0 Å². The molecular formula is C15H12F3NaO4. The number of hydrogen-bond donors (Lipinski definition) is 0. The predicted octanol–water partition coefficient (Wildman–Crippen LogP) is -0.901. The summed E-state index contributed by atoms with van der Waals surface area (Å²) in [5, 5.41) is 11.7. The fourth-order valence-electron chi connectivity index (χ4n) is 1.41. The maximum atomic E-state index is 12.4. The van der Waals surface area contributed by atoms with E-state index in [9.17, 15) is 27.9 Å². The van der Waals surface area contributed by atoms with Gasteiger partial charge in [0.2, 0.25) is 0 Å². The summed E-state index contributed by atoms with van der Waals surface area (Å²) in [4.78, 5) is 22.2. The molecule has 0 saturated heterocycles. The molecule has 4 nitrogen and oxygen atoms in total. The number of alkyl halides is 3. The summed E-state index contributed by atoms with van der Waals surface area (Å²) in [5.41, 5.74) is -0.835. The fourth-order valence-corrected chi connectivity index (χ4v) is 1.41. The van der Waals surface area contributed by atoms with Crippen molar-refractivity contribution >= 4 is 17.5 Å². The van der Waals surface area contributed by atoms with Crippen LogP contribution >= 0.6 is 0 Å². The molecule has 8 heteroatoms. The van der Waals surface area contributed by atoms with E-state index in [0.29, 0.717) is 0 Å². The zero-order chi connectivity index (χ0) is 16.8. The van der Waals surface area contributed by atoms with E-state index < -0.39 is 29.3 Å². The third kappa shape index (κ3) is 7.02. The van der Waals surface area contributed by atoms with Crippen molar-refractivity contribution in [2.24, 2.45) is 0 Å². The van der Waals surface area contributed by atoms with Gasteiger partial charge in [0.1, 0.15) is 0 Å². The molecule has 0 saturated carbocycles. The van der Waals surface area contributed by atoms with E-state index in [4.69, 9.17) is 0 Å². The Hall–Kier alpha value is -1.57. The van der Waals surface area contributed by atoms with E-state index in [-0.39, 0.29) is 41.7 Å². The molecule has 0 spiro atoms. The summed E-state index contributed by atoms with van der Waals surface area (Å²) in [7, 11) is 0. The average Bonchev–Trinajstić information content (AvgIpc) is 2.46. The van der Waals surface area contributed by atoms with Gasteiger partial charge in [-0.2, -0.15) is 13.2 Å². The summed E-state index contributed by atoms with van der Waals surface area (Å²) >= 11 is 0. The van der Waals surface area contributed by atoms with Crippen LogP contribution in [0.2, 0.25) is 0 Å². The molecule has 0 aliphatic rings. The minimum atomic E-state index is -4.47. The van der Waals surface area contributed by atoms with Gasteiger partial charge >= 0.3 is 41.7 Å². The Labute approximate surface area is 152 Å². The van der Waals surface area contributed by atoms with Crippen molar-refractivity contribution in [1.82, 2.24) is 0 Å². The van der Waals surface area contributed by atoms with Crippen molar-refractivity contribution in [2.75, 3.05) is 6.61 Å². The second-order valence-electron chi connectivity index (χ2n) is 4.05. The van der Waals surface area contributed by atoms with Gasteiger partial charge in [-0.15, -0.1) is 5.76 Å². The number of ketones is 1. The van der Waals surface area contributed by atoms with Gasteiger partial charge in [-0.1, -0.05) is 24.3 Å². The van der Waals surface area contributed by atoms with E-state index in [1.807, 2.05) is 0 Å². The van der Waals surface area contributed by atoms with Gasteiger partial charge in [0.15, 0.2) is 0 Å². The van der Waals surface area contributed by atoms with Crippen LogP contribution in [0.5, 0.6) is 0 Å². The molecule has 0 amide bonds. The molecule has 118 valence electrons. The monoisotopic (exact) mass is 336 g/mol. The SMILES string of the molecule is CCOC(=O)C(=O)/C=C/C=C(\[O-])c1ccc(C(F)(F)F)cc1.[Na+]. The zero-order valence-electron chi connectivity index (χ0n) is 12.5. The molecule has 0 heterocycles. The van der Waals surface area contributed by atoms with Crippen molar-refractivity contribution in [3.8, 4) is 0 Å². The summed E-state index contributed by atoms with van der Waals surface area (Å²) in [6.07, 6.45) is -1.61. The first-order valence-corrected chi connectivity index (χ1v) is 6.19. The van der Waals surface area contributed by atoms with Crippen molar-refractivity contribution in [3.05, 3.63) is 53.6 Å². The van der Waals surface area contributed by atoms with Gasteiger partial charge in [-0.3, -0.25) is 4.79 Å². The third-order valence-electron chi connectivity index (χ3n) is 2.47. The van der Waals surface area contributed by atoms with E-state index in [1.54, 1.807) is 0 Å². The molecule has 1 rings (SSSR count). The van der Waals surface area contributed by atoms with Gasteiger partial charge in [0.05, 0.1) is 12.2 Å². The Kier molecular flexibility index (Phi) is 8.89. The van der Waals surface area contributed by atoms with Crippen molar-refractivity contribution in [1.29, 1.82) is 0 Å². The van der Waals surface area contributed by atoms with E-state index in [1.165, 1.54) is 6.92 Å². The number of allylic oxidation sites excluding steroid dienone is 2. The van der Waals surface area contributed by atoms with Crippen molar-refractivity contribution in [3.63, 3.8) is 0 Å². The van der Waals surface area contributed by atoms with E-state index in [2.05, 4.69) is 4.74 Å².